The van der Waals surface area contributed by atoms with Gasteiger partial charge in [0.25, 0.3) is 5.69 Å². The minimum absolute atomic E-state index is 0.0370. The summed E-state index contributed by atoms with van der Waals surface area (Å²) >= 11 is 0. The Labute approximate surface area is 152 Å². The highest BCUT2D eigenvalue weighted by Crippen LogP contribution is 2.35. The summed E-state index contributed by atoms with van der Waals surface area (Å²) in [7, 11) is 0. The summed E-state index contributed by atoms with van der Waals surface area (Å²) in [6.07, 6.45) is 2.09. The van der Waals surface area contributed by atoms with Crippen LogP contribution in [-0.4, -0.2) is 24.0 Å². The van der Waals surface area contributed by atoms with Crippen molar-refractivity contribution < 1.29 is 14.5 Å². The summed E-state index contributed by atoms with van der Waals surface area (Å²) in [6.45, 7) is 1.60. The molecule has 6 heteroatoms. The van der Waals surface area contributed by atoms with E-state index in [0.717, 1.165) is 37.1 Å². The molecule has 0 bridgehead atoms. The maximum Gasteiger partial charge on any atom is 0.307 e. The predicted molar refractivity (Wildman–Crippen MR) is 97.7 cm³/mol. The number of nitro groups is 1. The number of carbonyl (C=O) groups excluding carboxylic acids is 1. The third-order valence-electron chi connectivity index (χ3n) is 4.76. The molecule has 2 aromatic rings. The van der Waals surface area contributed by atoms with E-state index in [2.05, 4.69) is 5.32 Å². The standard InChI is InChI=1S/C20H22N2O4/c23-19(10-9-16-5-4-8-18(15-16)22(24)25)26-20(11-13-21-14-12-20)17-6-2-1-3-7-17/h1-8,15,21H,9-14H2. The Morgan fingerprint density at radius 2 is 1.85 bits per heavy atom. The van der Waals surface area contributed by atoms with Gasteiger partial charge in [-0.3, -0.25) is 14.9 Å². The fraction of sp³-hybridized carbons (Fsp3) is 0.350. The maximum atomic E-state index is 12.5. The Kier molecular flexibility index (Phi) is 5.63. The van der Waals surface area contributed by atoms with Crippen molar-refractivity contribution in [3.05, 3.63) is 75.8 Å². The van der Waals surface area contributed by atoms with E-state index < -0.39 is 10.5 Å². The van der Waals surface area contributed by atoms with Crippen LogP contribution in [-0.2, 0) is 21.6 Å². The van der Waals surface area contributed by atoms with E-state index in [1.807, 2.05) is 30.3 Å². The summed E-state index contributed by atoms with van der Waals surface area (Å²) in [5.41, 5.74) is 1.22. The smallest absolute Gasteiger partial charge is 0.307 e. The summed E-state index contributed by atoms with van der Waals surface area (Å²) in [5.74, 6) is -0.276. The number of aryl methyl sites for hydroxylation is 1. The molecular formula is C20H22N2O4. The molecule has 1 aliphatic rings. The molecule has 6 nitrogen and oxygen atoms in total. The van der Waals surface area contributed by atoms with Gasteiger partial charge in [-0.2, -0.15) is 0 Å². The van der Waals surface area contributed by atoms with Crippen molar-refractivity contribution in [3.8, 4) is 0 Å². The van der Waals surface area contributed by atoms with Crippen molar-refractivity contribution >= 4 is 11.7 Å². The van der Waals surface area contributed by atoms with Gasteiger partial charge in [-0.1, -0.05) is 42.5 Å². The molecule has 0 radical (unpaired) electrons. The zero-order valence-corrected chi connectivity index (χ0v) is 14.5. The zero-order valence-electron chi connectivity index (χ0n) is 14.5. The third-order valence-corrected chi connectivity index (χ3v) is 4.76. The van der Waals surface area contributed by atoms with Gasteiger partial charge in [0.1, 0.15) is 5.60 Å². The molecule has 2 aromatic carbocycles. The molecule has 26 heavy (non-hydrogen) atoms. The molecule has 1 N–H and O–H groups in total. The summed E-state index contributed by atoms with van der Waals surface area (Å²) < 4.78 is 5.95. The fourth-order valence-electron chi connectivity index (χ4n) is 3.36. The Hall–Kier alpha value is -2.73. The van der Waals surface area contributed by atoms with Crippen LogP contribution >= 0.6 is 0 Å². The molecular weight excluding hydrogens is 332 g/mol. The average Bonchev–Trinajstić information content (AvgIpc) is 2.68. The van der Waals surface area contributed by atoms with Gasteiger partial charge in [-0.15, -0.1) is 0 Å². The largest absolute Gasteiger partial charge is 0.454 e. The molecule has 0 unspecified atom stereocenters. The molecule has 0 saturated carbocycles. The Morgan fingerprint density at radius 3 is 2.54 bits per heavy atom. The van der Waals surface area contributed by atoms with Crippen LogP contribution in [0.2, 0.25) is 0 Å². The Bertz CT molecular complexity index is 770. The molecule has 3 rings (SSSR count). The first-order valence-electron chi connectivity index (χ1n) is 8.80. The van der Waals surface area contributed by atoms with E-state index in [1.165, 1.54) is 12.1 Å². The number of carbonyl (C=O) groups is 1. The Balaban J connectivity index is 1.67. The molecule has 1 heterocycles. The second-order valence-electron chi connectivity index (χ2n) is 6.51. The first-order chi connectivity index (χ1) is 12.6. The molecule has 0 aromatic heterocycles. The van der Waals surface area contributed by atoms with Crippen LogP contribution < -0.4 is 5.32 Å². The van der Waals surface area contributed by atoms with Crippen LogP contribution in [0.4, 0.5) is 5.69 Å². The van der Waals surface area contributed by atoms with E-state index >= 15 is 0 Å². The fourth-order valence-corrected chi connectivity index (χ4v) is 3.36. The molecule has 1 fully saturated rings. The molecule has 1 saturated heterocycles. The predicted octanol–water partition coefficient (Wildman–Crippen LogP) is 3.35. The summed E-state index contributed by atoms with van der Waals surface area (Å²) in [5, 5.41) is 14.2. The number of piperidine rings is 1. The van der Waals surface area contributed by atoms with Gasteiger partial charge in [0.15, 0.2) is 0 Å². The van der Waals surface area contributed by atoms with E-state index in [4.69, 9.17) is 4.74 Å². The highest BCUT2D eigenvalue weighted by molar-refractivity contribution is 5.70. The lowest BCUT2D eigenvalue weighted by molar-refractivity contribution is -0.384. The lowest BCUT2D eigenvalue weighted by Gasteiger charge is -2.37. The number of ether oxygens (including phenoxy) is 1. The quantitative estimate of drug-likeness (QED) is 0.489. The molecule has 0 amide bonds. The van der Waals surface area contributed by atoms with E-state index in [-0.39, 0.29) is 18.1 Å². The van der Waals surface area contributed by atoms with Crippen LogP contribution in [0, 0.1) is 10.1 Å². The number of nitrogens with one attached hydrogen (secondary N) is 1. The number of benzene rings is 2. The number of esters is 1. The number of hydrogen-bond acceptors (Lipinski definition) is 5. The number of nitro benzene ring substituents is 1. The van der Waals surface area contributed by atoms with Gasteiger partial charge in [0, 0.05) is 31.4 Å². The summed E-state index contributed by atoms with van der Waals surface area (Å²) in [4.78, 5) is 22.9. The van der Waals surface area contributed by atoms with E-state index in [1.54, 1.807) is 12.1 Å². The van der Waals surface area contributed by atoms with E-state index in [0.29, 0.717) is 6.42 Å². The van der Waals surface area contributed by atoms with Crippen molar-refractivity contribution in [2.75, 3.05) is 13.1 Å². The van der Waals surface area contributed by atoms with E-state index in [9.17, 15) is 14.9 Å². The molecule has 0 atom stereocenters. The minimum atomic E-state index is -0.591. The SMILES string of the molecule is O=C(CCc1cccc([N+](=O)[O-])c1)OC1(c2ccccc2)CCNCC1. The van der Waals surface area contributed by atoms with Crippen LogP contribution in [0.15, 0.2) is 54.6 Å². The first kappa shape index (κ1) is 18.1. The number of non-ortho nitro benzene ring substituents is 1. The molecule has 136 valence electrons. The summed E-state index contributed by atoms with van der Waals surface area (Å²) in [6, 6.07) is 16.2. The first-order valence-corrected chi connectivity index (χ1v) is 8.80. The van der Waals surface area contributed by atoms with Gasteiger partial charge in [-0.25, -0.2) is 0 Å². The van der Waals surface area contributed by atoms with Crippen molar-refractivity contribution in [2.24, 2.45) is 0 Å². The van der Waals surface area contributed by atoms with Gasteiger partial charge in [0.05, 0.1) is 4.92 Å². The van der Waals surface area contributed by atoms with Gasteiger partial charge in [-0.05, 0) is 30.6 Å². The van der Waals surface area contributed by atoms with Gasteiger partial charge in [0.2, 0.25) is 0 Å². The number of rotatable bonds is 6. The van der Waals surface area contributed by atoms with Crippen LogP contribution in [0.5, 0.6) is 0 Å². The second-order valence-corrected chi connectivity index (χ2v) is 6.51. The van der Waals surface area contributed by atoms with Gasteiger partial charge < -0.3 is 10.1 Å². The molecule has 0 spiro atoms. The van der Waals surface area contributed by atoms with Crippen molar-refractivity contribution in [3.63, 3.8) is 0 Å². The van der Waals surface area contributed by atoms with Gasteiger partial charge >= 0.3 is 5.97 Å². The lowest BCUT2D eigenvalue weighted by Crippen LogP contribution is -2.43. The normalized spacial score (nSPS) is 16.0. The van der Waals surface area contributed by atoms with Crippen molar-refractivity contribution in [1.82, 2.24) is 5.32 Å². The highest BCUT2D eigenvalue weighted by atomic mass is 16.6. The molecule has 0 aliphatic carbocycles. The van der Waals surface area contributed by atoms with Crippen LogP contribution in [0.1, 0.15) is 30.4 Å². The molecule has 1 aliphatic heterocycles. The average molecular weight is 354 g/mol. The zero-order chi connectivity index (χ0) is 18.4. The number of hydrogen-bond donors (Lipinski definition) is 1. The van der Waals surface area contributed by atoms with Crippen molar-refractivity contribution in [2.45, 2.75) is 31.3 Å². The lowest BCUT2D eigenvalue weighted by atomic mass is 9.84. The highest BCUT2D eigenvalue weighted by Gasteiger charge is 2.37. The monoisotopic (exact) mass is 354 g/mol. The number of nitrogens with zero attached hydrogens (tertiary/aromatic N) is 1. The van der Waals surface area contributed by atoms with Crippen LogP contribution in [0.25, 0.3) is 0 Å². The third kappa shape index (κ3) is 4.26. The van der Waals surface area contributed by atoms with Crippen LogP contribution in [0.3, 0.4) is 0 Å². The van der Waals surface area contributed by atoms with Crippen molar-refractivity contribution in [1.29, 1.82) is 0 Å². The maximum absolute atomic E-state index is 12.5. The topological polar surface area (TPSA) is 81.5 Å². The minimum Gasteiger partial charge on any atom is -0.454 e. The Morgan fingerprint density at radius 1 is 1.12 bits per heavy atom. The second kappa shape index (κ2) is 8.10.